The van der Waals surface area contributed by atoms with Gasteiger partial charge in [-0.1, -0.05) is 43.0 Å². The molecule has 0 atom stereocenters. The Hall–Kier alpha value is -2.00. The first-order chi connectivity index (χ1) is 10.2. The Morgan fingerprint density at radius 3 is 1.43 bits per heavy atom. The molecule has 3 heteroatoms. The highest BCUT2D eigenvalue weighted by atomic mass is 16.5. The normalized spacial score (nSPS) is 9.48. The van der Waals surface area contributed by atoms with Crippen molar-refractivity contribution in [1.82, 2.24) is 0 Å². The molecule has 0 aromatic heterocycles. The summed E-state index contributed by atoms with van der Waals surface area (Å²) in [4.78, 5) is 0. The van der Waals surface area contributed by atoms with Crippen molar-refractivity contribution in [2.45, 2.75) is 20.8 Å². The first kappa shape index (κ1) is 24.0. The number of ether oxygens (including phenoxy) is 3. The lowest BCUT2D eigenvalue weighted by Gasteiger charge is -1.89. The molecule has 0 unspecified atom stereocenters. The molecule has 0 amide bonds. The molecule has 0 fully saturated rings. The monoisotopic (exact) mass is 294 g/mol. The van der Waals surface area contributed by atoms with E-state index in [0.29, 0.717) is 19.8 Å². The SMILES string of the molecule is C/C=C/O/C=C/C.C=CCO/C=C/C.C=CCOCC=C. The van der Waals surface area contributed by atoms with Gasteiger partial charge >= 0.3 is 0 Å². The molecule has 0 N–H and O–H groups in total. The van der Waals surface area contributed by atoms with Crippen LogP contribution in [0.4, 0.5) is 0 Å². The van der Waals surface area contributed by atoms with Crippen molar-refractivity contribution in [1.29, 1.82) is 0 Å². The molecule has 0 heterocycles. The van der Waals surface area contributed by atoms with Crippen LogP contribution in [0.15, 0.2) is 75.0 Å². The molecule has 3 nitrogen and oxygen atoms in total. The molecule has 21 heavy (non-hydrogen) atoms. The fourth-order valence-electron chi connectivity index (χ4n) is 0.657. The maximum atomic E-state index is 4.90. The quantitative estimate of drug-likeness (QED) is 0.333. The summed E-state index contributed by atoms with van der Waals surface area (Å²) < 4.78 is 14.5. The number of hydrogen-bond acceptors (Lipinski definition) is 3. The van der Waals surface area contributed by atoms with Gasteiger partial charge < -0.3 is 14.2 Å². The van der Waals surface area contributed by atoms with E-state index in [9.17, 15) is 0 Å². The molecule has 0 spiro atoms. The maximum absolute atomic E-state index is 4.90. The predicted octanol–water partition coefficient (Wildman–Crippen LogP) is 5.17. The van der Waals surface area contributed by atoms with Crippen LogP contribution in [0, 0.1) is 0 Å². The van der Waals surface area contributed by atoms with Gasteiger partial charge in [-0.25, -0.2) is 0 Å². The fraction of sp³-hybridized carbons (Fsp3) is 0.333. The lowest BCUT2D eigenvalue weighted by Crippen LogP contribution is -1.87. The molecular formula is C18H30O3. The number of allylic oxidation sites excluding steroid dienone is 3. The first-order valence-electron chi connectivity index (χ1n) is 6.75. The summed E-state index contributed by atoms with van der Waals surface area (Å²) in [5.74, 6) is 0. The molecule has 0 rings (SSSR count). The van der Waals surface area contributed by atoms with Crippen molar-refractivity contribution in [2.75, 3.05) is 19.8 Å². The Balaban J connectivity index is -0.000000231. The van der Waals surface area contributed by atoms with E-state index < -0.39 is 0 Å². The van der Waals surface area contributed by atoms with E-state index in [-0.39, 0.29) is 0 Å². The van der Waals surface area contributed by atoms with Gasteiger partial charge in [-0.3, -0.25) is 0 Å². The van der Waals surface area contributed by atoms with Gasteiger partial charge in [-0.05, 0) is 20.8 Å². The molecule has 0 aliphatic heterocycles. The van der Waals surface area contributed by atoms with E-state index in [0.717, 1.165) is 0 Å². The van der Waals surface area contributed by atoms with Crippen LogP contribution in [-0.4, -0.2) is 19.8 Å². The second-order valence-corrected chi connectivity index (χ2v) is 3.28. The minimum Gasteiger partial charge on any atom is -0.498 e. The van der Waals surface area contributed by atoms with E-state index in [1.165, 1.54) is 0 Å². The van der Waals surface area contributed by atoms with Gasteiger partial charge in [0.2, 0.25) is 0 Å². The summed E-state index contributed by atoms with van der Waals surface area (Å²) in [7, 11) is 0. The van der Waals surface area contributed by atoms with Gasteiger partial charge in [0.25, 0.3) is 0 Å². The third-order valence-corrected chi connectivity index (χ3v) is 1.35. The second kappa shape index (κ2) is 30.8. The molecule has 0 aromatic rings. The van der Waals surface area contributed by atoms with Crippen LogP contribution in [0.25, 0.3) is 0 Å². The van der Waals surface area contributed by atoms with Gasteiger partial charge in [0.05, 0.1) is 32.0 Å². The van der Waals surface area contributed by atoms with Crippen molar-refractivity contribution in [2.24, 2.45) is 0 Å². The molecule has 0 radical (unpaired) electrons. The van der Waals surface area contributed by atoms with Crippen LogP contribution in [0.5, 0.6) is 0 Å². The van der Waals surface area contributed by atoms with E-state index in [1.807, 2.05) is 39.0 Å². The van der Waals surface area contributed by atoms with Gasteiger partial charge in [0, 0.05) is 0 Å². The van der Waals surface area contributed by atoms with Crippen LogP contribution in [-0.2, 0) is 14.2 Å². The zero-order chi connectivity index (χ0) is 16.6. The first-order valence-corrected chi connectivity index (χ1v) is 6.75. The lowest BCUT2D eigenvalue weighted by molar-refractivity contribution is 0.194. The minimum atomic E-state index is 0.602. The zero-order valence-corrected chi connectivity index (χ0v) is 13.7. The molecular weight excluding hydrogens is 264 g/mol. The molecule has 0 aliphatic carbocycles. The number of rotatable bonds is 9. The van der Waals surface area contributed by atoms with Crippen LogP contribution in [0.2, 0.25) is 0 Å². The Kier molecular flexibility index (Phi) is 35.2. The highest BCUT2D eigenvalue weighted by molar-refractivity contribution is 4.73. The van der Waals surface area contributed by atoms with Gasteiger partial charge in [-0.15, -0.1) is 13.2 Å². The van der Waals surface area contributed by atoms with Crippen LogP contribution >= 0.6 is 0 Å². The van der Waals surface area contributed by atoms with Gasteiger partial charge in [-0.2, -0.15) is 0 Å². The van der Waals surface area contributed by atoms with E-state index in [4.69, 9.17) is 14.2 Å². The average Bonchev–Trinajstić information content (AvgIpc) is 2.50. The van der Waals surface area contributed by atoms with Crippen molar-refractivity contribution in [3.05, 3.63) is 75.0 Å². The summed E-state index contributed by atoms with van der Waals surface area (Å²) in [6.45, 7) is 18.0. The Labute approximate surface area is 130 Å². The van der Waals surface area contributed by atoms with Gasteiger partial charge in [0.1, 0.15) is 6.61 Å². The average molecular weight is 294 g/mol. The summed E-state index contributed by atoms with van der Waals surface area (Å²) in [6, 6.07) is 0. The van der Waals surface area contributed by atoms with Crippen molar-refractivity contribution in [3.8, 4) is 0 Å². The van der Waals surface area contributed by atoms with Crippen molar-refractivity contribution in [3.63, 3.8) is 0 Å². The standard InChI is InChI=1S/3C6H10O/c3*1-3-5-7-6-4-2/h3-6H,1-2H3;3-4,6H,1,5H2,2H3;3-4H,1-2,5-6H2/b5-3+,6-4+;6-4+;. The molecule has 0 aromatic carbocycles. The maximum Gasteiger partial charge on any atom is 0.105 e. The molecule has 0 saturated heterocycles. The van der Waals surface area contributed by atoms with Crippen molar-refractivity contribution < 1.29 is 14.2 Å². The third-order valence-electron chi connectivity index (χ3n) is 1.35. The summed E-state index contributed by atoms with van der Waals surface area (Å²) in [6.07, 6.45) is 15.5. The Morgan fingerprint density at radius 1 is 0.667 bits per heavy atom. The Bertz CT molecular complexity index is 271. The fourth-order valence-corrected chi connectivity index (χ4v) is 0.657. The largest absolute Gasteiger partial charge is 0.498 e. The molecule has 0 bridgehead atoms. The zero-order valence-electron chi connectivity index (χ0n) is 13.7. The highest BCUT2D eigenvalue weighted by Gasteiger charge is 1.70. The topological polar surface area (TPSA) is 27.7 Å². The van der Waals surface area contributed by atoms with Crippen molar-refractivity contribution >= 4 is 0 Å². The van der Waals surface area contributed by atoms with E-state index in [1.54, 1.807) is 37.0 Å². The highest BCUT2D eigenvalue weighted by Crippen LogP contribution is 1.77. The molecule has 120 valence electrons. The Morgan fingerprint density at radius 2 is 1.10 bits per heavy atom. The van der Waals surface area contributed by atoms with Crippen LogP contribution in [0.3, 0.4) is 0 Å². The third kappa shape index (κ3) is 46.1. The van der Waals surface area contributed by atoms with E-state index >= 15 is 0 Å². The summed E-state index contributed by atoms with van der Waals surface area (Å²) >= 11 is 0. The smallest absolute Gasteiger partial charge is 0.105 e. The van der Waals surface area contributed by atoms with Crippen LogP contribution < -0.4 is 0 Å². The summed E-state index contributed by atoms with van der Waals surface area (Å²) in [5, 5.41) is 0. The van der Waals surface area contributed by atoms with E-state index in [2.05, 4.69) is 19.7 Å². The minimum absolute atomic E-state index is 0.602. The second-order valence-electron chi connectivity index (χ2n) is 3.28. The molecule has 0 aliphatic rings. The number of hydrogen-bond donors (Lipinski definition) is 0. The lowest BCUT2D eigenvalue weighted by atomic mass is 10.6. The van der Waals surface area contributed by atoms with Crippen LogP contribution in [0.1, 0.15) is 20.8 Å². The van der Waals surface area contributed by atoms with Gasteiger partial charge in [0.15, 0.2) is 0 Å². The molecule has 0 saturated carbocycles. The summed E-state index contributed by atoms with van der Waals surface area (Å²) in [5.41, 5.74) is 0. The predicted molar refractivity (Wildman–Crippen MR) is 92.9 cm³/mol.